The Morgan fingerprint density at radius 3 is 1.67 bits per heavy atom. The summed E-state index contributed by atoms with van der Waals surface area (Å²) in [5, 5.41) is 8.04. The molecule has 0 spiro atoms. The van der Waals surface area contributed by atoms with Crippen LogP contribution in [0.2, 0.25) is 0 Å². The molecule has 10 rings (SSSR count). The molecule has 0 saturated heterocycles. The van der Waals surface area contributed by atoms with Gasteiger partial charge in [-0.2, -0.15) is 0 Å². The van der Waals surface area contributed by atoms with Crippen LogP contribution < -0.4 is 9.80 Å². The summed E-state index contributed by atoms with van der Waals surface area (Å²) >= 11 is 0. The van der Waals surface area contributed by atoms with Crippen LogP contribution in [0, 0.1) is 11.8 Å². The molecular weight excluding hydrogens is 725 g/mol. The number of nitrogens with zero attached hydrogens (tertiary/aromatic N) is 2. The Morgan fingerprint density at radius 2 is 1.15 bits per heavy atom. The molecule has 298 valence electrons. The second-order valence-electron chi connectivity index (χ2n) is 17.9. The molecule has 0 N–H and O–H groups in total. The van der Waals surface area contributed by atoms with E-state index in [1.807, 2.05) is 0 Å². The molecule has 0 aliphatic heterocycles. The van der Waals surface area contributed by atoms with Gasteiger partial charge >= 0.3 is 0 Å². The fourth-order valence-electron chi connectivity index (χ4n) is 10.1. The lowest BCUT2D eigenvalue weighted by molar-refractivity contribution is 0.465. The molecule has 4 aliphatic rings. The minimum atomic E-state index is 0.270. The summed E-state index contributed by atoms with van der Waals surface area (Å²) in [6, 6.07) is 35.1. The second-order valence-corrected chi connectivity index (χ2v) is 17.9. The molecule has 3 atom stereocenters. The van der Waals surface area contributed by atoms with Crippen molar-refractivity contribution in [3.05, 3.63) is 204 Å². The third kappa shape index (κ3) is 6.86. The lowest BCUT2D eigenvalue weighted by Crippen LogP contribution is -2.24. The maximum absolute atomic E-state index is 2.62. The van der Waals surface area contributed by atoms with Gasteiger partial charge in [-0.3, -0.25) is 0 Å². The van der Waals surface area contributed by atoms with E-state index in [9.17, 15) is 0 Å². The Balaban J connectivity index is 1.30. The van der Waals surface area contributed by atoms with Gasteiger partial charge in [-0.05, 0) is 137 Å². The van der Waals surface area contributed by atoms with Crippen molar-refractivity contribution in [1.29, 1.82) is 0 Å². The molecule has 6 aromatic carbocycles. The number of para-hydroxylation sites is 1. The van der Waals surface area contributed by atoms with Crippen LogP contribution in [0.15, 0.2) is 187 Å². The van der Waals surface area contributed by atoms with Gasteiger partial charge in [0.15, 0.2) is 0 Å². The average Bonchev–Trinajstić information content (AvgIpc) is 3.30. The van der Waals surface area contributed by atoms with E-state index in [1.165, 1.54) is 77.5 Å². The predicted molar refractivity (Wildman–Crippen MR) is 259 cm³/mol. The second kappa shape index (κ2) is 16.1. The van der Waals surface area contributed by atoms with Gasteiger partial charge in [0.25, 0.3) is 0 Å². The van der Waals surface area contributed by atoms with E-state index in [0.29, 0.717) is 17.8 Å². The van der Waals surface area contributed by atoms with Crippen molar-refractivity contribution in [1.82, 2.24) is 0 Å². The summed E-state index contributed by atoms with van der Waals surface area (Å²) in [4.78, 5) is 5.13. The van der Waals surface area contributed by atoms with Crippen LogP contribution in [0.5, 0.6) is 0 Å². The highest BCUT2D eigenvalue weighted by Crippen LogP contribution is 2.51. The summed E-state index contributed by atoms with van der Waals surface area (Å²) in [7, 11) is 0. The smallest absolute Gasteiger partial charge is 0.0543 e. The van der Waals surface area contributed by atoms with Crippen molar-refractivity contribution >= 4 is 55.1 Å². The Bertz CT molecular complexity index is 2800. The van der Waals surface area contributed by atoms with E-state index in [-0.39, 0.29) is 11.8 Å². The van der Waals surface area contributed by atoms with Gasteiger partial charge in [-0.25, -0.2) is 0 Å². The first-order valence-corrected chi connectivity index (χ1v) is 22.4. The highest BCUT2D eigenvalue weighted by molar-refractivity contribution is 6.29. The van der Waals surface area contributed by atoms with E-state index in [0.717, 1.165) is 37.8 Å². The Hall–Kier alpha value is -6.12. The largest absolute Gasteiger partial charge is 0.314 e. The van der Waals surface area contributed by atoms with Crippen LogP contribution in [0.4, 0.5) is 22.7 Å². The predicted octanol–water partition coefficient (Wildman–Crippen LogP) is 16.5. The van der Waals surface area contributed by atoms with Crippen LogP contribution in [0.3, 0.4) is 0 Å². The van der Waals surface area contributed by atoms with Crippen LogP contribution in [0.1, 0.15) is 94.2 Å². The van der Waals surface area contributed by atoms with Crippen molar-refractivity contribution in [2.45, 2.75) is 77.6 Å². The Labute approximate surface area is 356 Å². The molecule has 2 nitrogen and oxygen atoms in total. The zero-order chi connectivity index (χ0) is 40.7. The molecular formula is C58H56N2. The average molecular weight is 781 g/mol. The van der Waals surface area contributed by atoms with E-state index in [4.69, 9.17) is 0 Å². The van der Waals surface area contributed by atoms with Crippen LogP contribution in [-0.4, -0.2) is 0 Å². The normalized spacial score (nSPS) is 19.9. The number of hydrogen-bond acceptors (Lipinski definition) is 2. The first-order chi connectivity index (χ1) is 29.4. The summed E-state index contributed by atoms with van der Waals surface area (Å²) in [6.45, 7) is 9.25. The summed E-state index contributed by atoms with van der Waals surface area (Å²) in [5.41, 5.74) is 11.6. The highest BCUT2D eigenvalue weighted by Gasteiger charge is 2.29. The molecule has 0 radical (unpaired) electrons. The zero-order valence-corrected chi connectivity index (χ0v) is 35.6. The standard InChI is InChI=1S/C58H56N2/c1-39(2)41-25-29-47(30-26-41)59(45-21-13-7-14-22-45)55-37-53(43-17-9-5-10-18-43)49-34-36-52-56(60(46-23-15-8-16-24-46)48-31-27-42(28-32-48)40(3)4)38-54(44-19-11-6-12-20-44)50-33-35-51(55)57(49)58(50)52/h5-15,17,19,21-23,25-27,29-40,42-44H,16,18,20,24,28H2,1-4H3. The quantitative estimate of drug-likeness (QED) is 0.128. The van der Waals surface area contributed by atoms with E-state index in [1.54, 1.807) is 0 Å². The molecule has 4 aliphatic carbocycles. The molecule has 0 saturated carbocycles. The van der Waals surface area contributed by atoms with Crippen LogP contribution in [-0.2, 0) is 0 Å². The molecule has 0 bridgehead atoms. The maximum atomic E-state index is 2.62. The van der Waals surface area contributed by atoms with Gasteiger partial charge in [0.2, 0.25) is 0 Å². The monoisotopic (exact) mass is 780 g/mol. The van der Waals surface area contributed by atoms with Crippen LogP contribution >= 0.6 is 0 Å². The number of allylic oxidation sites excluding steroid dienone is 15. The molecule has 6 aromatic rings. The van der Waals surface area contributed by atoms with Crippen molar-refractivity contribution in [2.75, 3.05) is 9.80 Å². The van der Waals surface area contributed by atoms with Crippen molar-refractivity contribution in [2.24, 2.45) is 11.8 Å². The van der Waals surface area contributed by atoms with Crippen molar-refractivity contribution < 1.29 is 0 Å². The molecule has 0 fully saturated rings. The van der Waals surface area contributed by atoms with Crippen molar-refractivity contribution in [3.63, 3.8) is 0 Å². The first-order valence-electron chi connectivity index (χ1n) is 22.4. The van der Waals surface area contributed by atoms with E-state index in [2.05, 4.69) is 214 Å². The number of hydrogen-bond donors (Lipinski definition) is 0. The molecule has 2 heteroatoms. The van der Waals surface area contributed by atoms with Gasteiger partial charge in [0.05, 0.1) is 11.4 Å². The van der Waals surface area contributed by atoms with Gasteiger partial charge in [0.1, 0.15) is 0 Å². The highest BCUT2D eigenvalue weighted by atomic mass is 15.2. The fourth-order valence-corrected chi connectivity index (χ4v) is 10.1. The first kappa shape index (κ1) is 38.1. The maximum Gasteiger partial charge on any atom is 0.0543 e. The van der Waals surface area contributed by atoms with Crippen LogP contribution in [0.25, 0.3) is 32.3 Å². The Morgan fingerprint density at radius 1 is 0.550 bits per heavy atom. The summed E-state index contributed by atoms with van der Waals surface area (Å²) in [6.07, 6.45) is 37.8. The lowest BCUT2D eigenvalue weighted by atomic mass is 9.81. The molecule has 0 heterocycles. The van der Waals surface area contributed by atoms with Gasteiger partial charge in [-0.15, -0.1) is 0 Å². The van der Waals surface area contributed by atoms with E-state index < -0.39 is 0 Å². The number of anilines is 4. The topological polar surface area (TPSA) is 6.48 Å². The van der Waals surface area contributed by atoms with Gasteiger partial charge in [0, 0.05) is 45.4 Å². The fraction of sp³-hybridized carbons (Fsp3) is 0.241. The molecule has 0 amide bonds. The minimum absolute atomic E-state index is 0.270. The van der Waals surface area contributed by atoms with Gasteiger partial charge < -0.3 is 9.80 Å². The molecule has 0 aromatic heterocycles. The third-order valence-electron chi connectivity index (χ3n) is 13.5. The van der Waals surface area contributed by atoms with Crippen molar-refractivity contribution in [3.8, 4) is 0 Å². The molecule has 60 heavy (non-hydrogen) atoms. The van der Waals surface area contributed by atoms with Gasteiger partial charge in [-0.1, -0.05) is 155 Å². The minimum Gasteiger partial charge on any atom is -0.314 e. The number of benzene rings is 6. The zero-order valence-electron chi connectivity index (χ0n) is 35.6. The summed E-state index contributed by atoms with van der Waals surface area (Å²) < 4.78 is 0. The third-order valence-corrected chi connectivity index (χ3v) is 13.5. The Kier molecular flexibility index (Phi) is 10.3. The van der Waals surface area contributed by atoms with E-state index >= 15 is 0 Å². The lowest BCUT2D eigenvalue weighted by Gasteiger charge is -2.35. The molecule has 3 unspecified atom stereocenters. The number of rotatable bonds is 10. The summed E-state index contributed by atoms with van der Waals surface area (Å²) in [5.74, 6) is 2.18. The SMILES string of the molecule is CC(C)c1ccc(N(c2ccccc2)c2cc(C3C=CC=CC3)c3ccc4c(N(C5=CCC(C(C)C)C=C5)C5=CC=CCC5)cc(C5C=CC=CC5)c5ccc2c3c54)cc1.